The Morgan fingerprint density at radius 1 is 1.02 bits per heavy atom. The van der Waals surface area contributed by atoms with Crippen LogP contribution in [0.15, 0.2) is 77.3 Å². The van der Waals surface area contributed by atoms with Crippen molar-refractivity contribution in [1.29, 1.82) is 0 Å². The number of hydrogen-bond donors (Lipinski definition) is 1. The molecule has 4 aliphatic heterocycles. The van der Waals surface area contributed by atoms with E-state index in [1.807, 2.05) is 63.3 Å². The molecule has 9 atom stereocenters. The number of carbonyl (C=O) groups excluding carboxylic acids is 4. The summed E-state index contributed by atoms with van der Waals surface area (Å²) in [4.78, 5) is 62.6. The van der Waals surface area contributed by atoms with Crippen molar-refractivity contribution in [3.05, 3.63) is 87.9 Å². The minimum Gasteiger partial charge on any atom is -0.455 e. The predicted molar refractivity (Wildman–Crippen MR) is 192 cm³/mol. The number of carbonyl (C=O) groups is 4. The number of aliphatic hydroxyl groups is 1. The number of aliphatic hydroxyl groups excluding tert-OH is 1. The fourth-order valence-electron chi connectivity index (χ4n) is 7.87. The van der Waals surface area contributed by atoms with E-state index in [0.717, 1.165) is 0 Å². The number of esters is 1. The second kappa shape index (κ2) is 14.6. The van der Waals surface area contributed by atoms with Gasteiger partial charge in [0.1, 0.15) is 29.8 Å². The highest BCUT2D eigenvalue weighted by Crippen LogP contribution is 2.59. The van der Waals surface area contributed by atoms with Gasteiger partial charge in [-0.05, 0) is 55.2 Å². The topological polar surface area (TPSA) is 117 Å². The summed E-state index contributed by atoms with van der Waals surface area (Å²) in [6.07, 6.45) is 4.98. The molecular formula is C38H43BrClN3O7. The van der Waals surface area contributed by atoms with Crippen molar-refractivity contribution in [2.75, 3.05) is 25.1 Å². The Morgan fingerprint density at radius 2 is 1.72 bits per heavy atom. The maximum atomic E-state index is 15.1. The van der Waals surface area contributed by atoms with E-state index in [1.165, 1.54) is 4.90 Å². The van der Waals surface area contributed by atoms with Crippen molar-refractivity contribution in [1.82, 2.24) is 9.80 Å². The molecule has 50 heavy (non-hydrogen) atoms. The van der Waals surface area contributed by atoms with E-state index < -0.39 is 65.6 Å². The molecule has 266 valence electrons. The van der Waals surface area contributed by atoms with Crippen molar-refractivity contribution in [3.63, 3.8) is 0 Å². The number of likely N-dealkylation sites (N-methyl/N-ethyl adjacent to an activating group) is 1. The number of fused-ring (bicyclic) bond motifs is 2. The van der Waals surface area contributed by atoms with Crippen LogP contribution in [0.1, 0.15) is 51.7 Å². The normalized spacial score (nSPS) is 32.1. The van der Waals surface area contributed by atoms with Crippen LogP contribution in [-0.4, -0.2) is 88.6 Å². The van der Waals surface area contributed by atoms with Gasteiger partial charge < -0.3 is 29.3 Å². The van der Waals surface area contributed by atoms with Gasteiger partial charge in [0.25, 0.3) is 5.91 Å². The molecule has 4 heterocycles. The van der Waals surface area contributed by atoms with Crippen molar-refractivity contribution in [3.8, 4) is 0 Å². The van der Waals surface area contributed by atoms with Crippen LogP contribution in [0.5, 0.6) is 0 Å². The van der Waals surface area contributed by atoms with Crippen LogP contribution in [0, 0.1) is 17.8 Å². The second-order valence-corrected chi connectivity index (χ2v) is 15.0. The van der Waals surface area contributed by atoms with Gasteiger partial charge in [0, 0.05) is 35.2 Å². The van der Waals surface area contributed by atoms with Crippen molar-refractivity contribution in [2.24, 2.45) is 17.8 Å². The molecule has 12 heteroatoms. The van der Waals surface area contributed by atoms with Crippen LogP contribution in [0.2, 0.25) is 5.02 Å². The number of amides is 3. The first-order valence-electron chi connectivity index (χ1n) is 17.2. The van der Waals surface area contributed by atoms with E-state index >= 15 is 4.79 Å². The molecule has 2 saturated heterocycles. The lowest BCUT2D eigenvalue weighted by Gasteiger charge is -2.40. The fourth-order valence-corrected chi connectivity index (χ4v) is 8.73. The van der Waals surface area contributed by atoms with Crippen LogP contribution in [0.3, 0.4) is 0 Å². The standard InChI is InChI=1S/C38H43BrClN3O7/c1-5-22(2)28(21-44)43-34-36(47)42(26-17-15-25(40)16-18-26)19-11-7-10-14-29(45)41(4)23(3)32(24-12-8-6-9-13-24)49-37(48)30-31(35(43)46)38(34)20-27(39)33(30)50-38/h6-9,11-13,15-18,20,22-23,28,30-34,44H,5,10,14,19,21H2,1-4H3/b11-7-/t22-,23-,28-,30+,31-,32+,33+,34+,38-/m0/s1. The first-order chi connectivity index (χ1) is 23.9. The third-order valence-corrected chi connectivity index (χ3v) is 11.8. The maximum Gasteiger partial charge on any atom is 0.313 e. The lowest BCUT2D eigenvalue weighted by molar-refractivity contribution is -0.164. The summed E-state index contributed by atoms with van der Waals surface area (Å²) >= 11 is 9.85. The van der Waals surface area contributed by atoms with Crippen molar-refractivity contribution >= 4 is 56.9 Å². The summed E-state index contributed by atoms with van der Waals surface area (Å²) < 4.78 is 13.6. The van der Waals surface area contributed by atoms with Gasteiger partial charge in [-0.3, -0.25) is 19.2 Å². The van der Waals surface area contributed by atoms with Gasteiger partial charge >= 0.3 is 5.97 Å². The number of halogens is 2. The van der Waals surface area contributed by atoms with Gasteiger partial charge in [-0.2, -0.15) is 0 Å². The van der Waals surface area contributed by atoms with Crippen LogP contribution >= 0.6 is 27.5 Å². The van der Waals surface area contributed by atoms with Crippen LogP contribution in [0.4, 0.5) is 5.69 Å². The van der Waals surface area contributed by atoms with Gasteiger partial charge in [-0.25, -0.2) is 0 Å². The number of hydrogen-bond acceptors (Lipinski definition) is 7. The third-order valence-electron chi connectivity index (χ3n) is 10.9. The molecule has 0 unspecified atom stereocenters. The summed E-state index contributed by atoms with van der Waals surface area (Å²) in [5.74, 6) is -4.06. The quantitative estimate of drug-likeness (QED) is 0.308. The Hall–Kier alpha value is -3.51. The number of rotatable bonds is 6. The molecule has 0 saturated carbocycles. The van der Waals surface area contributed by atoms with Crippen molar-refractivity contribution in [2.45, 2.75) is 76.0 Å². The Labute approximate surface area is 306 Å². The molecule has 2 fully saturated rings. The number of anilines is 1. The highest BCUT2D eigenvalue weighted by molar-refractivity contribution is 9.11. The highest BCUT2D eigenvalue weighted by Gasteiger charge is 2.75. The first-order valence-corrected chi connectivity index (χ1v) is 18.3. The van der Waals surface area contributed by atoms with E-state index in [1.54, 1.807) is 47.2 Å². The Kier molecular flexibility index (Phi) is 10.6. The Bertz CT molecular complexity index is 1690. The highest BCUT2D eigenvalue weighted by atomic mass is 79.9. The van der Waals surface area contributed by atoms with E-state index in [2.05, 4.69) is 15.9 Å². The molecular weight excluding hydrogens is 726 g/mol. The molecule has 10 nitrogen and oxygen atoms in total. The summed E-state index contributed by atoms with van der Waals surface area (Å²) in [6.45, 7) is 5.47. The van der Waals surface area contributed by atoms with Gasteiger partial charge in [-0.15, -0.1) is 0 Å². The second-order valence-electron chi connectivity index (χ2n) is 13.7. The lowest BCUT2D eigenvalue weighted by atomic mass is 9.74. The lowest BCUT2D eigenvalue weighted by Crippen LogP contribution is -2.59. The molecule has 5 bridgehead atoms. The summed E-state index contributed by atoms with van der Waals surface area (Å²) in [5, 5.41) is 11.3. The molecule has 3 amide bonds. The fraction of sp³-hybridized carbons (Fsp3) is 0.474. The number of benzene rings is 2. The average molecular weight is 769 g/mol. The van der Waals surface area contributed by atoms with E-state index in [9.17, 15) is 19.5 Å². The smallest absolute Gasteiger partial charge is 0.313 e. The van der Waals surface area contributed by atoms with Gasteiger partial charge in [0.05, 0.1) is 24.6 Å². The van der Waals surface area contributed by atoms with Crippen LogP contribution in [-0.2, 0) is 28.7 Å². The van der Waals surface area contributed by atoms with E-state index in [-0.39, 0.29) is 31.4 Å². The van der Waals surface area contributed by atoms with Gasteiger partial charge in [-0.1, -0.05) is 90.3 Å². The molecule has 0 aliphatic carbocycles. The number of nitrogens with zero attached hydrogens (tertiary/aromatic N) is 3. The van der Waals surface area contributed by atoms with Gasteiger partial charge in [0.2, 0.25) is 11.8 Å². The van der Waals surface area contributed by atoms with E-state index in [0.29, 0.717) is 33.6 Å². The average Bonchev–Trinajstić information content (AvgIpc) is 3.71. The zero-order chi connectivity index (χ0) is 35.9. The predicted octanol–water partition coefficient (Wildman–Crippen LogP) is 5.43. The molecule has 0 radical (unpaired) electrons. The summed E-state index contributed by atoms with van der Waals surface area (Å²) in [5.41, 5.74) is -0.284. The molecule has 6 rings (SSSR count). The molecule has 1 spiro atoms. The van der Waals surface area contributed by atoms with E-state index in [4.69, 9.17) is 21.1 Å². The summed E-state index contributed by atoms with van der Waals surface area (Å²) in [7, 11) is 1.69. The number of cyclic esters (lactones) is 1. The largest absolute Gasteiger partial charge is 0.455 e. The first kappa shape index (κ1) is 36.3. The van der Waals surface area contributed by atoms with Crippen molar-refractivity contribution < 1.29 is 33.8 Å². The zero-order valence-electron chi connectivity index (χ0n) is 28.6. The number of likely N-dealkylation sites (tertiary alicyclic amines) is 1. The van der Waals surface area contributed by atoms with Gasteiger partial charge in [0.15, 0.2) is 0 Å². The third kappa shape index (κ3) is 6.20. The minimum atomic E-state index is -1.52. The summed E-state index contributed by atoms with van der Waals surface area (Å²) in [6, 6.07) is 13.6. The Morgan fingerprint density at radius 3 is 2.38 bits per heavy atom. The molecule has 4 aliphatic rings. The van der Waals surface area contributed by atoms with Crippen LogP contribution < -0.4 is 4.90 Å². The van der Waals surface area contributed by atoms with Crippen LogP contribution in [0.25, 0.3) is 0 Å². The maximum absolute atomic E-state index is 15.1. The Balaban J connectivity index is 1.52. The molecule has 2 aromatic carbocycles. The SMILES string of the molecule is CC[C@H](C)[C@H](CO)N1C(=O)[C@@H]2[C@H]3C(=O)O[C@@H](c4ccccc4)[C@H](C)N(C)C(=O)CC/C=C\CN(c4ccc(Cl)cc4)C(=O)[C@@H]1[C@]21C=C(Br)[C@H]3O1. The monoisotopic (exact) mass is 767 g/mol. The number of ether oxygens (including phenoxy) is 2. The number of allylic oxidation sites excluding steroid dienone is 1. The molecule has 1 N–H and O–H groups in total. The minimum absolute atomic E-state index is 0.128. The zero-order valence-corrected chi connectivity index (χ0v) is 30.9. The molecule has 2 aromatic rings. The molecule has 0 aromatic heterocycles.